The molecule has 3 aliphatic rings. The Hall–Kier alpha value is -3.43. The molecule has 0 atom stereocenters. The number of hydrogen-bond acceptors (Lipinski definition) is 6. The summed E-state index contributed by atoms with van der Waals surface area (Å²) in [6.45, 7) is 7.87. The van der Waals surface area contributed by atoms with Gasteiger partial charge >= 0.3 is 0 Å². The van der Waals surface area contributed by atoms with Gasteiger partial charge < -0.3 is 24.6 Å². The van der Waals surface area contributed by atoms with Crippen molar-refractivity contribution in [3.63, 3.8) is 0 Å². The summed E-state index contributed by atoms with van der Waals surface area (Å²) in [5.41, 5.74) is 3.03. The summed E-state index contributed by atoms with van der Waals surface area (Å²) in [6.07, 6.45) is 7.34. The molecule has 40 heavy (non-hydrogen) atoms. The minimum atomic E-state index is -0.317. The number of fused-ring (bicyclic) bond motifs is 5. The zero-order valence-electron chi connectivity index (χ0n) is 23.4. The first-order valence-corrected chi connectivity index (χ1v) is 15.0. The van der Waals surface area contributed by atoms with Gasteiger partial charge in [0.2, 0.25) is 5.43 Å². The normalized spacial score (nSPS) is 19.5. The second-order valence-corrected chi connectivity index (χ2v) is 11.7. The fourth-order valence-electron chi connectivity index (χ4n) is 7.20. The number of carbonyl (C=O) groups excluding carboxylic acids is 1. The van der Waals surface area contributed by atoms with E-state index in [1.807, 2.05) is 52.4 Å². The molecule has 3 aliphatic heterocycles. The molecule has 7 rings (SSSR count). The molecular weight excluding hydrogens is 502 g/mol. The Morgan fingerprint density at radius 3 is 2.38 bits per heavy atom. The summed E-state index contributed by atoms with van der Waals surface area (Å²) in [5, 5.41) is 3.53. The van der Waals surface area contributed by atoms with E-state index in [2.05, 4.69) is 20.0 Å². The Bertz CT molecular complexity index is 1620. The molecule has 1 aromatic carbocycles. The van der Waals surface area contributed by atoms with Crippen LogP contribution >= 0.6 is 0 Å². The van der Waals surface area contributed by atoms with Crippen molar-refractivity contribution in [2.75, 3.05) is 57.3 Å². The number of para-hydroxylation sites is 2. The predicted molar refractivity (Wildman–Crippen MR) is 159 cm³/mol. The van der Waals surface area contributed by atoms with Gasteiger partial charge in [0.15, 0.2) is 5.65 Å². The Balaban J connectivity index is 1.27. The fourth-order valence-corrected chi connectivity index (χ4v) is 7.20. The number of hydrogen-bond donors (Lipinski definition) is 1. The lowest BCUT2D eigenvalue weighted by molar-refractivity contribution is 0.0950. The van der Waals surface area contributed by atoms with Gasteiger partial charge in [0.05, 0.1) is 16.4 Å². The molecule has 0 radical (unpaired) electrons. The van der Waals surface area contributed by atoms with Gasteiger partial charge in [-0.1, -0.05) is 12.1 Å². The van der Waals surface area contributed by atoms with Crippen LogP contribution in [-0.4, -0.2) is 88.1 Å². The zero-order chi connectivity index (χ0) is 27.2. The second-order valence-electron chi connectivity index (χ2n) is 11.7. The van der Waals surface area contributed by atoms with Gasteiger partial charge in [0.25, 0.3) is 5.91 Å². The molecule has 0 bridgehead atoms. The number of aryl methyl sites for hydroxylation is 1. The van der Waals surface area contributed by atoms with Crippen molar-refractivity contribution in [1.82, 2.24) is 29.1 Å². The molecule has 0 spiro atoms. The molecule has 3 saturated heterocycles. The molecule has 3 fully saturated rings. The van der Waals surface area contributed by atoms with Crippen molar-refractivity contribution in [2.45, 2.75) is 44.6 Å². The molecule has 1 N–H and O–H groups in total. The second kappa shape index (κ2) is 10.5. The number of anilines is 1. The standard InChI is InChI=1S/C31H39N7O2/c1-34-24-8-2-3-9-25(24)38-29-23(28(39)27(31(34)38)30(40)32-14-21-35-15-4-5-16-35)10-11-26(33-29)37-19-12-22(13-20-37)36-17-6-7-18-36/h2-3,8-11,22H,4-7,12-21H2,1H3,(H,32,40). The average Bonchev–Trinajstić information content (AvgIpc) is 3.76. The van der Waals surface area contributed by atoms with E-state index in [0.29, 0.717) is 29.3 Å². The number of carbonyl (C=O) groups is 1. The van der Waals surface area contributed by atoms with Crippen LogP contribution in [0.1, 0.15) is 48.9 Å². The van der Waals surface area contributed by atoms with E-state index in [4.69, 9.17) is 4.98 Å². The molecule has 9 heteroatoms. The van der Waals surface area contributed by atoms with Crippen molar-refractivity contribution in [3.8, 4) is 0 Å². The van der Waals surface area contributed by atoms with Crippen molar-refractivity contribution in [1.29, 1.82) is 0 Å². The van der Waals surface area contributed by atoms with E-state index in [-0.39, 0.29) is 16.9 Å². The van der Waals surface area contributed by atoms with Gasteiger partial charge in [-0.25, -0.2) is 4.98 Å². The number of likely N-dealkylation sites (tertiary alicyclic amines) is 2. The van der Waals surface area contributed by atoms with Crippen molar-refractivity contribution in [3.05, 3.63) is 52.2 Å². The van der Waals surface area contributed by atoms with Gasteiger partial charge in [-0.15, -0.1) is 0 Å². The van der Waals surface area contributed by atoms with Gasteiger partial charge in [0.1, 0.15) is 17.0 Å². The SMILES string of the molecule is Cn1c2ccccc2n2c3nc(N4CCC(N5CCCC5)CC4)ccc3c(=O)c(C(=O)NCCN3CCCC3)c12. The van der Waals surface area contributed by atoms with Crippen LogP contribution in [0.15, 0.2) is 41.2 Å². The van der Waals surface area contributed by atoms with Crippen LogP contribution in [0.4, 0.5) is 5.82 Å². The monoisotopic (exact) mass is 541 g/mol. The van der Waals surface area contributed by atoms with Gasteiger partial charge in [-0.05, 0) is 89.0 Å². The third-order valence-electron chi connectivity index (χ3n) is 9.37. The average molecular weight is 542 g/mol. The molecule has 0 saturated carbocycles. The van der Waals surface area contributed by atoms with Crippen LogP contribution in [0.2, 0.25) is 0 Å². The number of piperidine rings is 1. The van der Waals surface area contributed by atoms with Crippen LogP contribution in [0.3, 0.4) is 0 Å². The molecular formula is C31H39N7O2. The number of rotatable bonds is 6. The van der Waals surface area contributed by atoms with Crippen LogP contribution in [0.5, 0.6) is 0 Å². The van der Waals surface area contributed by atoms with Crippen LogP contribution < -0.4 is 15.6 Å². The largest absolute Gasteiger partial charge is 0.356 e. The van der Waals surface area contributed by atoms with E-state index >= 15 is 0 Å². The first-order valence-electron chi connectivity index (χ1n) is 15.0. The van der Waals surface area contributed by atoms with Crippen molar-refractivity contribution in [2.24, 2.45) is 7.05 Å². The minimum absolute atomic E-state index is 0.189. The molecule has 0 aliphatic carbocycles. The zero-order valence-corrected chi connectivity index (χ0v) is 23.4. The third kappa shape index (κ3) is 4.36. The molecule has 3 aromatic heterocycles. The van der Waals surface area contributed by atoms with Crippen molar-refractivity contribution >= 4 is 39.4 Å². The van der Waals surface area contributed by atoms with Gasteiger partial charge in [-0.2, -0.15) is 0 Å². The third-order valence-corrected chi connectivity index (χ3v) is 9.37. The lowest BCUT2D eigenvalue weighted by Gasteiger charge is -2.37. The van der Waals surface area contributed by atoms with E-state index in [9.17, 15) is 9.59 Å². The van der Waals surface area contributed by atoms with E-state index in [1.165, 1.54) is 38.8 Å². The summed E-state index contributed by atoms with van der Waals surface area (Å²) in [4.78, 5) is 40.0. The Kier molecular flexibility index (Phi) is 6.71. The Morgan fingerprint density at radius 1 is 0.925 bits per heavy atom. The highest BCUT2D eigenvalue weighted by atomic mass is 16.2. The van der Waals surface area contributed by atoms with E-state index < -0.39 is 0 Å². The first kappa shape index (κ1) is 25.5. The highest BCUT2D eigenvalue weighted by Crippen LogP contribution is 2.28. The summed E-state index contributed by atoms with van der Waals surface area (Å²) in [7, 11) is 1.93. The number of aromatic nitrogens is 3. The lowest BCUT2D eigenvalue weighted by Crippen LogP contribution is -2.44. The van der Waals surface area contributed by atoms with Crippen LogP contribution in [0.25, 0.3) is 27.7 Å². The van der Waals surface area contributed by atoms with E-state index in [0.717, 1.165) is 62.4 Å². The highest BCUT2D eigenvalue weighted by Gasteiger charge is 2.28. The topological polar surface area (TPSA) is 78.1 Å². The first-order chi connectivity index (χ1) is 19.6. The molecule has 210 valence electrons. The predicted octanol–water partition coefficient (Wildman–Crippen LogP) is 3.23. The highest BCUT2D eigenvalue weighted by molar-refractivity contribution is 6.05. The number of benzene rings is 1. The number of nitrogens with one attached hydrogen (secondary N) is 1. The fraction of sp³-hybridized carbons (Fsp3) is 0.516. The lowest BCUT2D eigenvalue weighted by atomic mass is 10.0. The molecule has 6 heterocycles. The molecule has 4 aromatic rings. The van der Waals surface area contributed by atoms with Crippen LogP contribution in [0, 0.1) is 0 Å². The van der Waals surface area contributed by atoms with Gasteiger partial charge in [0, 0.05) is 39.3 Å². The molecule has 1 amide bonds. The quantitative estimate of drug-likeness (QED) is 0.404. The van der Waals surface area contributed by atoms with Crippen LogP contribution in [-0.2, 0) is 7.05 Å². The summed E-state index contributed by atoms with van der Waals surface area (Å²) in [6, 6.07) is 12.6. The number of nitrogens with zero attached hydrogens (tertiary/aromatic N) is 6. The number of imidazole rings is 1. The number of amides is 1. The van der Waals surface area contributed by atoms with Crippen molar-refractivity contribution < 1.29 is 4.79 Å². The Labute approximate surface area is 234 Å². The maximum Gasteiger partial charge on any atom is 0.259 e. The van der Waals surface area contributed by atoms with Gasteiger partial charge in [-0.3, -0.25) is 14.0 Å². The maximum absolute atomic E-state index is 14.0. The maximum atomic E-state index is 14.0. The summed E-state index contributed by atoms with van der Waals surface area (Å²) < 4.78 is 3.98. The number of pyridine rings is 2. The molecule has 0 unspecified atom stereocenters. The minimum Gasteiger partial charge on any atom is -0.356 e. The Morgan fingerprint density at radius 2 is 1.62 bits per heavy atom. The summed E-state index contributed by atoms with van der Waals surface area (Å²) >= 11 is 0. The summed E-state index contributed by atoms with van der Waals surface area (Å²) in [5.74, 6) is 0.582. The van der Waals surface area contributed by atoms with E-state index in [1.54, 1.807) is 0 Å². The molecule has 9 nitrogen and oxygen atoms in total. The smallest absolute Gasteiger partial charge is 0.259 e.